The Hall–Kier alpha value is -1.82. The van der Waals surface area contributed by atoms with E-state index in [4.69, 9.17) is 0 Å². The highest BCUT2D eigenvalue weighted by atomic mass is 19.1. The first-order valence-corrected chi connectivity index (χ1v) is 8.15. The fourth-order valence-corrected chi connectivity index (χ4v) is 2.81. The van der Waals surface area contributed by atoms with E-state index in [1.54, 1.807) is 24.0 Å². The lowest BCUT2D eigenvalue weighted by Crippen LogP contribution is -2.40. The number of amides is 2. The monoisotopic (exact) mass is 323 g/mol. The van der Waals surface area contributed by atoms with Gasteiger partial charge in [-0.05, 0) is 44.0 Å². The van der Waals surface area contributed by atoms with Crippen molar-refractivity contribution in [1.29, 1.82) is 0 Å². The maximum atomic E-state index is 12.9. The smallest absolute Gasteiger partial charge is 0.317 e. The van der Waals surface area contributed by atoms with Gasteiger partial charge in [-0.3, -0.25) is 0 Å². The zero-order valence-electron chi connectivity index (χ0n) is 13.8. The van der Waals surface area contributed by atoms with Crippen LogP contribution in [0.25, 0.3) is 0 Å². The molecule has 0 saturated carbocycles. The molecule has 0 unspecified atom stereocenters. The van der Waals surface area contributed by atoms with Crippen LogP contribution in [0.2, 0.25) is 0 Å². The van der Waals surface area contributed by atoms with Gasteiger partial charge in [0.05, 0.1) is 6.10 Å². The number of nitrogens with one attached hydrogen (secondary N) is 1. The molecule has 1 aromatic carbocycles. The van der Waals surface area contributed by atoms with E-state index in [2.05, 4.69) is 5.32 Å². The molecule has 2 atom stereocenters. The van der Waals surface area contributed by atoms with Gasteiger partial charge in [0.1, 0.15) is 5.82 Å². The van der Waals surface area contributed by atoms with Gasteiger partial charge >= 0.3 is 6.03 Å². The normalized spacial score (nSPS) is 18.8. The van der Waals surface area contributed by atoms with Crippen LogP contribution in [0.5, 0.6) is 0 Å². The molecule has 0 spiro atoms. The number of urea groups is 1. The molecule has 1 aliphatic rings. The van der Waals surface area contributed by atoms with E-state index < -0.39 is 0 Å². The summed E-state index contributed by atoms with van der Waals surface area (Å²) in [4.78, 5) is 15.8. The summed E-state index contributed by atoms with van der Waals surface area (Å²) in [7, 11) is 1.95. The topological polar surface area (TPSA) is 55.8 Å². The summed E-state index contributed by atoms with van der Waals surface area (Å²) in [6.07, 6.45) is 1.31. The summed E-state index contributed by atoms with van der Waals surface area (Å²) in [5, 5.41) is 12.5. The van der Waals surface area contributed by atoms with E-state index in [1.807, 2.05) is 11.9 Å². The molecule has 0 aromatic heterocycles. The first-order valence-electron chi connectivity index (χ1n) is 8.15. The van der Waals surface area contributed by atoms with Crippen molar-refractivity contribution in [2.75, 3.05) is 38.1 Å². The lowest BCUT2D eigenvalue weighted by molar-refractivity contribution is 0.129. The second-order valence-corrected chi connectivity index (χ2v) is 6.22. The lowest BCUT2D eigenvalue weighted by atomic mass is 10.0. The minimum Gasteiger partial charge on any atom is -0.393 e. The van der Waals surface area contributed by atoms with E-state index in [0.29, 0.717) is 19.6 Å². The SMILES string of the molecule is C[C@H](O)[C@H]1CCN(C(=O)NCCCN(C)c2ccc(F)cc2)C1. The molecule has 1 aromatic rings. The predicted molar refractivity (Wildman–Crippen MR) is 89.0 cm³/mol. The van der Waals surface area contributed by atoms with Gasteiger partial charge in [-0.25, -0.2) is 9.18 Å². The van der Waals surface area contributed by atoms with Gasteiger partial charge in [0, 0.05) is 44.8 Å². The predicted octanol–water partition coefficient (Wildman–Crippen LogP) is 2.06. The van der Waals surface area contributed by atoms with Gasteiger partial charge in [-0.2, -0.15) is 0 Å². The zero-order valence-corrected chi connectivity index (χ0v) is 13.8. The summed E-state index contributed by atoms with van der Waals surface area (Å²) >= 11 is 0. The molecule has 2 rings (SSSR count). The number of aliphatic hydroxyl groups is 1. The Morgan fingerprint density at radius 1 is 1.48 bits per heavy atom. The summed E-state index contributed by atoms with van der Waals surface area (Å²) in [6, 6.07) is 6.32. The lowest BCUT2D eigenvalue weighted by Gasteiger charge is -2.21. The van der Waals surface area contributed by atoms with E-state index in [1.165, 1.54) is 12.1 Å². The van der Waals surface area contributed by atoms with Crippen molar-refractivity contribution in [1.82, 2.24) is 10.2 Å². The number of aliphatic hydroxyl groups excluding tert-OH is 1. The molecule has 5 nitrogen and oxygen atoms in total. The maximum absolute atomic E-state index is 12.9. The van der Waals surface area contributed by atoms with Gasteiger partial charge < -0.3 is 20.2 Å². The first kappa shape index (κ1) is 17.5. The highest BCUT2D eigenvalue weighted by molar-refractivity contribution is 5.74. The maximum Gasteiger partial charge on any atom is 0.317 e. The van der Waals surface area contributed by atoms with Crippen LogP contribution in [0.4, 0.5) is 14.9 Å². The Morgan fingerprint density at radius 3 is 2.78 bits per heavy atom. The Bertz CT molecular complexity index is 507. The van der Waals surface area contributed by atoms with Crippen molar-refractivity contribution in [3.05, 3.63) is 30.1 Å². The minimum absolute atomic E-state index is 0.0578. The van der Waals surface area contributed by atoms with Crippen LogP contribution in [-0.2, 0) is 0 Å². The molecule has 6 heteroatoms. The number of rotatable bonds is 6. The Labute approximate surface area is 137 Å². The number of likely N-dealkylation sites (tertiary alicyclic amines) is 1. The average Bonchev–Trinajstić information content (AvgIpc) is 3.02. The number of nitrogens with zero attached hydrogens (tertiary/aromatic N) is 2. The van der Waals surface area contributed by atoms with E-state index in [0.717, 1.165) is 25.1 Å². The molecule has 1 heterocycles. The number of carbonyl (C=O) groups is 1. The van der Waals surface area contributed by atoms with Crippen LogP contribution in [-0.4, -0.2) is 55.4 Å². The number of halogens is 1. The largest absolute Gasteiger partial charge is 0.393 e. The summed E-state index contributed by atoms with van der Waals surface area (Å²) in [5.41, 5.74) is 0.956. The van der Waals surface area contributed by atoms with Gasteiger partial charge in [0.15, 0.2) is 0 Å². The molecule has 1 saturated heterocycles. The van der Waals surface area contributed by atoms with Crippen molar-refractivity contribution < 1.29 is 14.3 Å². The molecular formula is C17H26FN3O2. The molecule has 2 amide bonds. The molecule has 0 bridgehead atoms. The Kier molecular flexibility index (Phi) is 6.21. The van der Waals surface area contributed by atoms with Crippen molar-refractivity contribution in [3.63, 3.8) is 0 Å². The molecule has 1 fully saturated rings. The van der Waals surface area contributed by atoms with Gasteiger partial charge in [0.25, 0.3) is 0 Å². The van der Waals surface area contributed by atoms with E-state index >= 15 is 0 Å². The number of hydrogen-bond donors (Lipinski definition) is 2. The first-order chi connectivity index (χ1) is 11.0. The molecule has 1 aliphatic heterocycles. The van der Waals surface area contributed by atoms with Crippen molar-refractivity contribution in [3.8, 4) is 0 Å². The molecule has 0 radical (unpaired) electrons. The standard InChI is InChI=1S/C17H26FN3O2/c1-13(22)14-8-11-21(12-14)17(23)19-9-3-10-20(2)16-6-4-15(18)5-7-16/h4-7,13-14,22H,3,8-12H2,1-2H3,(H,19,23)/t13-,14-/m0/s1. The number of carbonyl (C=O) groups excluding carboxylic acids is 1. The summed E-state index contributed by atoms with van der Waals surface area (Å²) in [5.74, 6) is -0.0547. The van der Waals surface area contributed by atoms with Gasteiger partial charge in [-0.15, -0.1) is 0 Å². The molecule has 23 heavy (non-hydrogen) atoms. The third-order valence-corrected chi connectivity index (χ3v) is 4.41. The third-order valence-electron chi connectivity index (χ3n) is 4.41. The average molecular weight is 323 g/mol. The molecule has 0 aliphatic carbocycles. The number of benzene rings is 1. The second-order valence-electron chi connectivity index (χ2n) is 6.22. The highest BCUT2D eigenvalue weighted by Gasteiger charge is 2.28. The Morgan fingerprint density at radius 2 is 2.17 bits per heavy atom. The van der Waals surface area contributed by atoms with Crippen molar-refractivity contribution in [2.24, 2.45) is 5.92 Å². The zero-order chi connectivity index (χ0) is 16.8. The van der Waals surface area contributed by atoms with Crippen LogP contribution in [0.3, 0.4) is 0 Å². The third kappa shape index (κ3) is 5.10. The van der Waals surface area contributed by atoms with E-state index in [-0.39, 0.29) is 23.9 Å². The Balaban J connectivity index is 1.65. The second kappa shape index (κ2) is 8.15. The van der Waals surface area contributed by atoms with Crippen LogP contribution in [0.15, 0.2) is 24.3 Å². The number of hydrogen-bond acceptors (Lipinski definition) is 3. The van der Waals surface area contributed by atoms with Crippen molar-refractivity contribution in [2.45, 2.75) is 25.9 Å². The number of anilines is 1. The van der Waals surface area contributed by atoms with Gasteiger partial charge in [-0.1, -0.05) is 0 Å². The van der Waals surface area contributed by atoms with Crippen molar-refractivity contribution >= 4 is 11.7 Å². The summed E-state index contributed by atoms with van der Waals surface area (Å²) < 4.78 is 12.9. The molecule has 128 valence electrons. The van der Waals surface area contributed by atoms with Gasteiger partial charge in [0.2, 0.25) is 0 Å². The van der Waals surface area contributed by atoms with Crippen LogP contribution in [0, 0.1) is 11.7 Å². The fraction of sp³-hybridized carbons (Fsp3) is 0.588. The van der Waals surface area contributed by atoms with E-state index in [9.17, 15) is 14.3 Å². The highest BCUT2D eigenvalue weighted by Crippen LogP contribution is 2.19. The van der Waals surface area contributed by atoms with Crippen LogP contribution < -0.4 is 10.2 Å². The van der Waals surface area contributed by atoms with Crippen LogP contribution >= 0.6 is 0 Å². The van der Waals surface area contributed by atoms with Crippen LogP contribution in [0.1, 0.15) is 19.8 Å². The molecule has 2 N–H and O–H groups in total. The minimum atomic E-state index is -0.364. The summed E-state index contributed by atoms with van der Waals surface area (Å²) in [6.45, 7) is 4.48. The molecular weight excluding hydrogens is 297 g/mol. The fourth-order valence-electron chi connectivity index (χ4n) is 2.81. The quantitative estimate of drug-likeness (QED) is 0.788.